The summed E-state index contributed by atoms with van der Waals surface area (Å²) >= 11 is 0. The predicted octanol–water partition coefficient (Wildman–Crippen LogP) is 5.55. The number of amides is 1. The Labute approximate surface area is 219 Å². The average molecular weight is 507 g/mol. The minimum Gasteiger partial charge on any atom is -0.507 e. The van der Waals surface area contributed by atoms with Crippen LogP contribution in [0, 0.1) is 6.92 Å². The zero-order chi connectivity index (χ0) is 26.6. The molecule has 1 aliphatic heterocycles. The average Bonchev–Trinajstić information content (AvgIpc) is 2.85. The monoisotopic (exact) mass is 506 g/mol. The maximum atomic E-state index is 13.1. The van der Waals surface area contributed by atoms with Gasteiger partial charge in [-0.2, -0.15) is 0 Å². The van der Waals surface area contributed by atoms with Crippen molar-refractivity contribution in [3.8, 4) is 17.1 Å². The maximum Gasteiger partial charge on any atom is 0.410 e. The van der Waals surface area contributed by atoms with Crippen molar-refractivity contribution in [2.75, 3.05) is 37.7 Å². The van der Waals surface area contributed by atoms with Gasteiger partial charge in [-0.15, -0.1) is 0 Å². The number of hydrogen-bond acceptors (Lipinski definition) is 7. The summed E-state index contributed by atoms with van der Waals surface area (Å²) in [7, 11) is 0. The van der Waals surface area contributed by atoms with Gasteiger partial charge in [-0.05, 0) is 63.9 Å². The molecule has 1 N–H and O–H groups in total. The number of benzene rings is 2. The number of anilines is 1. The van der Waals surface area contributed by atoms with Crippen LogP contribution in [0.4, 0.5) is 10.6 Å². The van der Waals surface area contributed by atoms with Crippen LogP contribution in [0.2, 0.25) is 0 Å². The molecule has 0 aliphatic carbocycles. The van der Waals surface area contributed by atoms with E-state index in [-0.39, 0.29) is 17.9 Å². The zero-order valence-electron chi connectivity index (χ0n) is 22.5. The van der Waals surface area contributed by atoms with E-state index in [1.165, 1.54) is 0 Å². The molecular weight excluding hydrogens is 468 g/mol. The number of unbranched alkanes of at least 4 members (excludes halogenated alkanes) is 1. The molecule has 8 nitrogen and oxygen atoms in total. The number of rotatable bonds is 7. The van der Waals surface area contributed by atoms with Crippen molar-refractivity contribution in [1.29, 1.82) is 0 Å². The van der Waals surface area contributed by atoms with Gasteiger partial charge in [0.05, 0.1) is 23.7 Å². The van der Waals surface area contributed by atoms with E-state index in [9.17, 15) is 9.90 Å². The van der Waals surface area contributed by atoms with E-state index in [2.05, 4.69) is 17.9 Å². The van der Waals surface area contributed by atoms with Gasteiger partial charge >= 0.3 is 6.09 Å². The molecule has 1 aliphatic rings. The second kappa shape index (κ2) is 11.3. The summed E-state index contributed by atoms with van der Waals surface area (Å²) in [6, 6.07) is 13.0. The predicted molar refractivity (Wildman–Crippen MR) is 146 cm³/mol. The van der Waals surface area contributed by atoms with Gasteiger partial charge in [-0.3, -0.25) is 4.90 Å². The van der Waals surface area contributed by atoms with Crippen LogP contribution in [0.25, 0.3) is 22.3 Å². The molecule has 37 heavy (non-hydrogen) atoms. The summed E-state index contributed by atoms with van der Waals surface area (Å²) in [4.78, 5) is 26.8. The molecule has 0 bridgehead atoms. The van der Waals surface area contributed by atoms with E-state index < -0.39 is 5.60 Å². The minimum atomic E-state index is -0.574. The Bertz CT molecular complexity index is 1240. The quantitative estimate of drug-likeness (QED) is 0.420. The molecular formula is C29H38N4O4. The Morgan fingerprint density at radius 1 is 1.14 bits per heavy atom. The first-order valence-corrected chi connectivity index (χ1v) is 13.1. The molecule has 2 heterocycles. The molecule has 2 aromatic carbocycles. The molecule has 0 unspecified atom stereocenters. The molecule has 4 rings (SSSR count). The van der Waals surface area contributed by atoms with Gasteiger partial charge < -0.3 is 19.5 Å². The summed E-state index contributed by atoms with van der Waals surface area (Å²) in [5.41, 5.74) is 1.92. The van der Waals surface area contributed by atoms with Crippen molar-refractivity contribution in [2.24, 2.45) is 0 Å². The highest BCUT2D eigenvalue weighted by Crippen LogP contribution is 2.33. The number of aromatic nitrogens is 2. The van der Waals surface area contributed by atoms with Crippen LogP contribution in [0.5, 0.6) is 5.75 Å². The number of hydrogen-bond donors (Lipinski definition) is 1. The van der Waals surface area contributed by atoms with Crippen LogP contribution in [0.3, 0.4) is 0 Å². The fourth-order valence-corrected chi connectivity index (χ4v) is 4.46. The Morgan fingerprint density at radius 3 is 2.65 bits per heavy atom. The first kappa shape index (κ1) is 26.7. The summed E-state index contributed by atoms with van der Waals surface area (Å²) < 4.78 is 11.7. The third-order valence-electron chi connectivity index (χ3n) is 6.34. The highest BCUT2D eigenvalue weighted by Gasteiger charge is 2.34. The second-order valence-electron chi connectivity index (χ2n) is 10.6. The van der Waals surface area contributed by atoms with Crippen LogP contribution in [-0.2, 0) is 9.47 Å². The molecule has 8 heteroatoms. The maximum absolute atomic E-state index is 13.1. The largest absolute Gasteiger partial charge is 0.507 e. The Hall–Kier alpha value is -3.39. The Kier molecular flexibility index (Phi) is 8.17. The van der Waals surface area contributed by atoms with Gasteiger partial charge in [0.15, 0.2) is 5.82 Å². The van der Waals surface area contributed by atoms with Gasteiger partial charge in [0.25, 0.3) is 0 Å². The summed E-state index contributed by atoms with van der Waals surface area (Å²) in [6.45, 7) is 12.5. The molecule has 198 valence electrons. The number of para-hydroxylation sites is 1. The molecule has 1 atom stereocenters. The normalized spacial score (nSPS) is 16.3. The van der Waals surface area contributed by atoms with Crippen molar-refractivity contribution in [2.45, 2.75) is 59.1 Å². The molecule has 3 aromatic rings. The van der Waals surface area contributed by atoms with E-state index >= 15 is 0 Å². The van der Waals surface area contributed by atoms with Gasteiger partial charge in [0, 0.05) is 31.6 Å². The van der Waals surface area contributed by atoms with E-state index in [0.29, 0.717) is 44.2 Å². The number of nitrogens with zero attached hydrogens (tertiary/aromatic N) is 4. The molecule has 0 radical (unpaired) electrons. The van der Waals surface area contributed by atoms with Crippen LogP contribution in [0.1, 0.15) is 46.1 Å². The number of ether oxygens (including phenoxy) is 2. The van der Waals surface area contributed by atoms with Crippen molar-refractivity contribution < 1.29 is 19.4 Å². The SMILES string of the molecule is CCCCOC[C@H]1CN(c2nc(-c3ccccc3O)nc3cc(C)ccc23)CCN1C(=O)OC(C)(C)C. The summed E-state index contributed by atoms with van der Waals surface area (Å²) in [5, 5.41) is 11.4. The summed E-state index contributed by atoms with van der Waals surface area (Å²) in [6.07, 6.45) is 1.70. The molecule has 1 aromatic heterocycles. The first-order chi connectivity index (χ1) is 17.7. The lowest BCUT2D eigenvalue weighted by atomic mass is 10.1. The smallest absolute Gasteiger partial charge is 0.410 e. The lowest BCUT2D eigenvalue weighted by Crippen LogP contribution is -2.58. The fourth-order valence-electron chi connectivity index (χ4n) is 4.46. The molecule has 0 spiro atoms. The molecule has 1 saturated heterocycles. The molecule has 1 fully saturated rings. The number of phenols is 1. The van der Waals surface area contributed by atoms with Crippen LogP contribution < -0.4 is 4.90 Å². The number of piperazine rings is 1. The van der Waals surface area contributed by atoms with Crippen molar-refractivity contribution in [3.63, 3.8) is 0 Å². The number of phenolic OH excluding ortho intramolecular Hbond substituents is 1. The third kappa shape index (κ3) is 6.49. The van der Waals surface area contributed by atoms with E-state index in [4.69, 9.17) is 19.4 Å². The Morgan fingerprint density at radius 2 is 1.92 bits per heavy atom. The van der Waals surface area contributed by atoms with Crippen LogP contribution >= 0.6 is 0 Å². The van der Waals surface area contributed by atoms with Gasteiger partial charge in [-0.25, -0.2) is 14.8 Å². The summed E-state index contributed by atoms with van der Waals surface area (Å²) in [5.74, 6) is 1.39. The highest BCUT2D eigenvalue weighted by atomic mass is 16.6. The topological polar surface area (TPSA) is 88.0 Å². The van der Waals surface area contributed by atoms with E-state index in [1.807, 2.05) is 52.0 Å². The molecule has 1 amide bonds. The number of carbonyl (C=O) groups is 1. The van der Waals surface area contributed by atoms with Crippen LogP contribution in [-0.4, -0.2) is 70.6 Å². The molecule has 0 saturated carbocycles. The number of aryl methyl sites for hydroxylation is 1. The second-order valence-corrected chi connectivity index (χ2v) is 10.6. The number of fused-ring (bicyclic) bond motifs is 1. The number of carbonyl (C=O) groups excluding carboxylic acids is 1. The number of aromatic hydroxyl groups is 1. The van der Waals surface area contributed by atoms with E-state index in [1.54, 1.807) is 17.0 Å². The van der Waals surface area contributed by atoms with Crippen molar-refractivity contribution in [3.05, 3.63) is 48.0 Å². The van der Waals surface area contributed by atoms with Gasteiger partial charge in [-0.1, -0.05) is 31.5 Å². The lowest BCUT2D eigenvalue weighted by Gasteiger charge is -2.42. The zero-order valence-corrected chi connectivity index (χ0v) is 22.5. The van der Waals surface area contributed by atoms with Crippen molar-refractivity contribution >= 4 is 22.8 Å². The Balaban J connectivity index is 1.69. The standard InChI is InChI=1S/C29H38N4O4/c1-6-7-16-36-19-21-18-32(14-15-33(21)28(35)37-29(3,4)5)27-22-13-12-20(2)17-24(22)30-26(31-27)23-10-8-9-11-25(23)34/h8-13,17,21,34H,6-7,14-16,18-19H2,1-5H3/t21-/m1/s1. The third-order valence-corrected chi connectivity index (χ3v) is 6.34. The first-order valence-electron chi connectivity index (χ1n) is 13.1. The highest BCUT2D eigenvalue weighted by molar-refractivity contribution is 5.92. The van der Waals surface area contributed by atoms with E-state index in [0.717, 1.165) is 35.1 Å². The van der Waals surface area contributed by atoms with Crippen molar-refractivity contribution in [1.82, 2.24) is 14.9 Å². The van der Waals surface area contributed by atoms with Gasteiger partial charge in [0.2, 0.25) is 0 Å². The van der Waals surface area contributed by atoms with Crippen LogP contribution in [0.15, 0.2) is 42.5 Å². The fraction of sp³-hybridized carbons (Fsp3) is 0.483. The minimum absolute atomic E-state index is 0.136. The lowest BCUT2D eigenvalue weighted by molar-refractivity contribution is -0.00188. The van der Waals surface area contributed by atoms with Gasteiger partial charge in [0.1, 0.15) is 17.2 Å².